The minimum atomic E-state index is -0.769. The van der Waals surface area contributed by atoms with E-state index in [2.05, 4.69) is 4.99 Å². The molecule has 1 aliphatic heterocycles. The van der Waals surface area contributed by atoms with Gasteiger partial charge in [0.2, 0.25) is 0 Å². The average molecular weight is 232 g/mol. The van der Waals surface area contributed by atoms with E-state index < -0.39 is 5.38 Å². The molecular weight excluding hydrogens is 230 g/mol. The maximum Gasteiger partial charge on any atom is 0.153 e. The van der Waals surface area contributed by atoms with Gasteiger partial charge in [-0.25, -0.2) is 4.99 Å². The molecule has 0 aromatic heterocycles. The summed E-state index contributed by atoms with van der Waals surface area (Å²) in [6.07, 6.45) is 0. The predicted molar refractivity (Wildman–Crippen MR) is 49.4 cm³/mol. The first kappa shape index (κ1) is 9.33. The Balaban J connectivity index is 3.11. The first-order valence-corrected chi connectivity index (χ1v) is 4.13. The number of aliphatic imine (C=N–C) groups is 1. The largest absolute Gasteiger partial charge is 0.300 e. The number of nitrogens with zero attached hydrogens (tertiary/aromatic N) is 1. The van der Waals surface area contributed by atoms with Crippen LogP contribution in [0.2, 0.25) is 0 Å². The van der Waals surface area contributed by atoms with E-state index in [1.165, 1.54) is 0 Å². The van der Waals surface area contributed by atoms with Crippen LogP contribution in [-0.4, -0.2) is 16.3 Å². The summed E-state index contributed by atoms with van der Waals surface area (Å²) in [5.74, 6) is 0. The Hall–Kier alpha value is 0.240. The van der Waals surface area contributed by atoms with Crippen molar-refractivity contribution < 1.29 is 0 Å². The molecule has 0 saturated carbocycles. The molecule has 60 valence electrons. The van der Waals surface area contributed by atoms with Gasteiger partial charge in [0.25, 0.3) is 0 Å². The Kier molecular flexibility index (Phi) is 2.81. The summed E-state index contributed by atoms with van der Waals surface area (Å²) in [6.45, 7) is 0. The van der Waals surface area contributed by atoms with Gasteiger partial charge in [0, 0.05) is 0 Å². The van der Waals surface area contributed by atoms with Crippen molar-refractivity contribution in [2.75, 3.05) is 0 Å². The van der Waals surface area contributed by atoms with Crippen LogP contribution in [0, 0.1) is 5.41 Å². The molecule has 0 fully saturated rings. The van der Waals surface area contributed by atoms with E-state index in [4.69, 9.17) is 51.8 Å². The first-order valence-electron chi connectivity index (χ1n) is 2.56. The number of hydrogen-bond donors (Lipinski definition) is 1. The molecule has 1 N–H and O–H groups in total. The third kappa shape index (κ3) is 1.70. The molecule has 0 saturated heterocycles. The lowest BCUT2D eigenvalue weighted by Crippen LogP contribution is -2.23. The van der Waals surface area contributed by atoms with Crippen molar-refractivity contribution in [3.63, 3.8) is 0 Å². The Labute approximate surface area is 83.3 Å². The lowest BCUT2D eigenvalue weighted by Gasteiger charge is -2.13. The topological polar surface area (TPSA) is 36.2 Å². The minimum Gasteiger partial charge on any atom is -0.300 e. The molecule has 0 amide bonds. The van der Waals surface area contributed by atoms with E-state index in [1.54, 1.807) is 0 Å². The number of allylic oxidation sites excluding steroid dienone is 1. The van der Waals surface area contributed by atoms with Crippen LogP contribution in [0.15, 0.2) is 15.2 Å². The molecule has 11 heavy (non-hydrogen) atoms. The molecule has 1 unspecified atom stereocenters. The SMILES string of the molecule is N=C1C(Cl)=NC(Cl)=C(Cl)C1Cl. The van der Waals surface area contributed by atoms with Gasteiger partial charge in [-0.15, -0.1) is 11.6 Å². The lowest BCUT2D eigenvalue weighted by atomic mass is 10.2. The van der Waals surface area contributed by atoms with Gasteiger partial charge in [0.05, 0.1) is 10.7 Å². The molecule has 0 spiro atoms. The lowest BCUT2D eigenvalue weighted by molar-refractivity contribution is 1.30. The summed E-state index contributed by atoms with van der Waals surface area (Å²) in [6, 6.07) is 0. The van der Waals surface area contributed by atoms with Crippen molar-refractivity contribution in [3.05, 3.63) is 10.2 Å². The molecule has 1 heterocycles. The Morgan fingerprint density at radius 1 is 1.27 bits per heavy atom. The third-order valence-corrected chi connectivity index (χ3v) is 2.71. The van der Waals surface area contributed by atoms with Crippen LogP contribution in [-0.2, 0) is 0 Å². The molecule has 6 heteroatoms. The quantitative estimate of drug-likeness (QED) is 0.492. The zero-order chi connectivity index (χ0) is 8.59. The van der Waals surface area contributed by atoms with Crippen molar-refractivity contribution >= 4 is 57.3 Å². The second-order valence-electron chi connectivity index (χ2n) is 1.82. The zero-order valence-electron chi connectivity index (χ0n) is 5.04. The summed E-state index contributed by atoms with van der Waals surface area (Å²) in [5, 5.41) is 6.66. The normalized spacial score (nSPS) is 25.6. The van der Waals surface area contributed by atoms with Crippen molar-refractivity contribution in [2.45, 2.75) is 5.38 Å². The van der Waals surface area contributed by atoms with E-state index in [0.717, 1.165) is 0 Å². The number of hydrogen-bond acceptors (Lipinski definition) is 2. The first-order chi connectivity index (χ1) is 5.04. The number of rotatable bonds is 0. The smallest absolute Gasteiger partial charge is 0.153 e. The van der Waals surface area contributed by atoms with Crippen LogP contribution < -0.4 is 0 Å². The highest BCUT2D eigenvalue weighted by Crippen LogP contribution is 2.28. The summed E-state index contributed by atoms with van der Waals surface area (Å²) >= 11 is 22.2. The van der Waals surface area contributed by atoms with Crippen molar-refractivity contribution in [1.82, 2.24) is 0 Å². The van der Waals surface area contributed by atoms with Gasteiger partial charge >= 0.3 is 0 Å². The fourth-order valence-electron chi connectivity index (χ4n) is 0.536. The molecule has 2 nitrogen and oxygen atoms in total. The maximum atomic E-state index is 7.25. The maximum absolute atomic E-state index is 7.25. The second kappa shape index (κ2) is 3.31. The molecule has 0 aliphatic carbocycles. The molecule has 1 atom stereocenters. The van der Waals surface area contributed by atoms with Crippen molar-refractivity contribution in [2.24, 2.45) is 4.99 Å². The zero-order valence-corrected chi connectivity index (χ0v) is 8.06. The fraction of sp³-hybridized carbons (Fsp3) is 0.200. The molecule has 0 radical (unpaired) electrons. The van der Waals surface area contributed by atoms with Gasteiger partial charge in [-0.1, -0.05) is 34.8 Å². The summed E-state index contributed by atoms with van der Waals surface area (Å²) in [7, 11) is 0. The van der Waals surface area contributed by atoms with Crippen LogP contribution in [0.4, 0.5) is 0 Å². The second-order valence-corrected chi connectivity index (χ2v) is 3.38. The van der Waals surface area contributed by atoms with Gasteiger partial charge in [0.1, 0.15) is 10.5 Å². The molecule has 0 aromatic carbocycles. The molecular formula is C5H2Cl4N2. The van der Waals surface area contributed by atoms with Gasteiger partial charge in [-0.2, -0.15) is 0 Å². The van der Waals surface area contributed by atoms with E-state index in [-0.39, 0.29) is 21.1 Å². The third-order valence-electron chi connectivity index (χ3n) is 1.09. The number of nitrogens with one attached hydrogen (secondary N) is 1. The van der Waals surface area contributed by atoms with E-state index >= 15 is 0 Å². The minimum absolute atomic E-state index is 0.0144. The van der Waals surface area contributed by atoms with Crippen LogP contribution in [0.25, 0.3) is 0 Å². The Bertz CT molecular complexity index is 268. The van der Waals surface area contributed by atoms with Crippen LogP contribution in [0.3, 0.4) is 0 Å². The molecule has 1 aliphatic rings. The van der Waals surface area contributed by atoms with Crippen LogP contribution >= 0.6 is 46.4 Å². The monoisotopic (exact) mass is 230 g/mol. The van der Waals surface area contributed by atoms with Crippen molar-refractivity contribution in [3.8, 4) is 0 Å². The fourth-order valence-corrected chi connectivity index (χ4v) is 1.44. The highest BCUT2D eigenvalue weighted by atomic mass is 35.5. The van der Waals surface area contributed by atoms with Gasteiger partial charge in [-0.3, -0.25) is 0 Å². The molecule has 0 aromatic rings. The standard InChI is InChI=1S/C5H2Cl4N2/c6-1-2(7)4(8)11-5(9)3(1)10/h1,10H. The molecule has 1 rings (SSSR count). The number of halogens is 4. The van der Waals surface area contributed by atoms with Gasteiger partial charge in [0.15, 0.2) is 5.17 Å². The Morgan fingerprint density at radius 3 is 2.36 bits per heavy atom. The highest BCUT2D eigenvalue weighted by molar-refractivity contribution is 6.87. The van der Waals surface area contributed by atoms with E-state index in [1.807, 2.05) is 0 Å². The summed E-state index contributed by atoms with van der Waals surface area (Å²) in [5.41, 5.74) is -0.0252. The predicted octanol–water partition coefficient (Wildman–Crippen LogP) is 2.91. The van der Waals surface area contributed by atoms with Crippen LogP contribution in [0.5, 0.6) is 0 Å². The summed E-state index contributed by atoms with van der Waals surface area (Å²) in [4.78, 5) is 3.58. The van der Waals surface area contributed by atoms with Crippen LogP contribution in [0.1, 0.15) is 0 Å². The van der Waals surface area contributed by atoms with E-state index in [9.17, 15) is 0 Å². The molecule has 0 bridgehead atoms. The van der Waals surface area contributed by atoms with Gasteiger partial charge in [-0.05, 0) is 0 Å². The summed E-state index contributed by atoms with van der Waals surface area (Å²) < 4.78 is 0. The number of alkyl halides is 1. The van der Waals surface area contributed by atoms with Gasteiger partial charge < -0.3 is 5.41 Å². The van der Waals surface area contributed by atoms with E-state index in [0.29, 0.717) is 0 Å². The van der Waals surface area contributed by atoms with Crippen molar-refractivity contribution in [1.29, 1.82) is 5.41 Å². The highest BCUT2D eigenvalue weighted by Gasteiger charge is 2.26. The average Bonchev–Trinajstić information content (AvgIpc) is 1.97. The Morgan fingerprint density at radius 2 is 1.82 bits per heavy atom.